The van der Waals surface area contributed by atoms with Crippen molar-refractivity contribution in [2.75, 3.05) is 7.11 Å². The van der Waals surface area contributed by atoms with Crippen LogP contribution in [0.2, 0.25) is 0 Å². The number of hydrogen-bond acceptors (Lipinski definition) is 3. The van der Waals surface area contributed by atoms with Crippen molar-refractivity contribution in [1.29, 1.82) is 0 Å². The minimum atomic E-state index is -3.71. The zero-order valence-corrected chi connectivity index (χ0v) is 16.6. The number of ether oxygens (including phenoxy) is 1. The van der Waals surface area contributed by atoms with Crippen LogP contribution in [0.5, 0.6) is 5.75 Å². The van der Waals surface area contributed by atoms with E-state index in [1.165, 1.54) is 7.11 Å². The average molecular weight is 412 g/mol. The van der Waals surface area contributed by atoms with Crippen LogP contribution in [0.15, 0.2) is 51.8 Å². The number of methoxy groups -OCH3 is 1. The smallest absolute Gasteiger partial charge is 0.244 e. The van der Waals surface area contributed by atoms with Crippen LogP contribution < -0.4 is 9.46 Å². The maximum absolute atomic E-state index is 12.9. The van der Waals surface area contributed by atoms with Crippen molar-refractivity contribution < 1.29 is 13.2 Å². The van der Waals surface area contributed by atoms with Crippen molar-refractivity contribution in [1.82, 2.24) is 4.72 Å². The standard InChI is InChI=1S/C18H22BrNO3S/c1-12(2)14-8-9-17(23-4)18(11-14)24(21,22)20-13(3)15-6-5-7-16(19)10-15/h5-13,20H,1-4H3/t13-/m0/s1. The molecule has 6 heteroatoms. The van der Waals surface area contributed by atoms with E-state index in [0.717, 1.165) is 15.6 Å². The number of halogens is 1. The Morgan fingerprint density at radius 2 is 1.75 bits per heavy atom. The average Bonchev–Trinajstić information content (AvgIpc) is 2.53. The lowest BCUT2D eigenvalue weighted by Gasteiger charge is -2.18. The summed E-state index contributed by atoms with van der Waals surface area (Å²) < 4.78 is 34.6. The van der Waals surface area contributed by atoms with Crippen molar-refractivity contribution >= 4 is 26.0 Å². The molecule has 1 atom stereocenters. The topological polar surface area (TPSA) is 55.4 Å². The van der Waals surface area contributed by atoms with Crippen LogP contribution in [0.1, 0.15) is 43.9 Å². The zero-order valence-electron chi connectivity index (χ0n) is 14.2. The summed E-state index contributed by atoms with van der Waals surface area (Å²) in [6.45, 7) is 5.86. The molecule has 130 valence electrons. The summed E-state index contributed by atoms with van der Waals surface area (Å²) in [7, 11) is -2.24. The second kappa shape index (κ2) is 7.68. The second-order valence-corrected chi connectivity index (χ2v) is 8.56. The molecular formula is C18H22BrNO3S. The fraction of sp³-hybridized carbons (Fsp3) is 0.333. The molecule has 0 fully saturated rings. The lowest BCUT2D eigenvalue weighted by atomic mass is 10.0. The third-order valence-corrected chi connectivity index (χ3v) is 5.88. The van der Waals surface area contributed by atoms with Crippen LogP contribution in [0, 0.1) is 0 Å². The Morgan fingerprint density at radius 1 is 1.04 bits per heavy atom. The van der Waals surface area contributed by atoms with Gasteiger partial charge in [-0.3, -0.25) is 0 Å². The molecular weight excluding hydrogens is 390 g/mol. The molecule has 0 amide bonds. The molecule has 0 spiro atoms. The van der Waals surface area contributed by atoms with Crippen LogP contribution in [0.4, 0.5) is 0 Å². The predicted octanol–water partition coefficient (Wildman–Crippen LogP) is 4.62. The Hall–Kier alpha value is -1.37. The Kier molecular flexibility index (Phi) is 6.06. The first kappa shape index (κ1) is 19.0. The quantitative estimate of drug-likeness (QED) is 0.753. The van der Waals surface area contributed by atoms with Crippen LogP contribution in [0.3, 0.4) is 0 Å². The summed E-state index contributed by atoms with van der Waals surface area (Å²) in [6, 6.07) is 12.5. The fourth-order valence-corrected chi connectivity index (χ4v) is 4.26. The van der Waals surface area contributed by atoms with Gasteiger partial charge in [0, 0.05) is 10.5 Å². The predicted molar refractivity (Wildman–Crippen MR) is 100.0 cm³/mol. The van der Waals surface area contributed by atoms with Crippen LogP contribution in [-0.2, 0) is 10.0 Å². The molecule has 0 bridgehead atoms. The molecule has 0 heterocycles. The van der Waals surface area contributed by atoms with Gasteiger partial charge in [0.05, 0.1) is 7.11 Å². The lowest BCUT2D eigenvalue weighted by Crippen LogP contribution is -2.27. The number of sulfonamides is 1. The summed E-state index contributed by atoms with van der Waals surface area (Å²) in [5.41, 5.74) is 1.83. The highest BCUT2D eigenvalue weighted by molar-refractivity contribution is 9.10. The zero-order chi connectivity index (χ0) is 17.9. The summed E-state index contributed by atoms with van der Waals surface area (Å²) >= 11 is 3.41. The molecule has 0 radical (unpaired) electrons. The molecule has 2 aromatic carbocycles. The largest absolute Gasteiger partial charge is 0.495 e. The van der Waals surface area contributed by atoms with Crippen molar-refractivity contribution in [3.8, 4) is 5.75 Å². The molecule has 0 saturated heterocycles. The minimum Gasteiger partial charge on any atom is -0.495 e. The van der Waals surface area contributed by atoms with Gasteiger partial charge in [-0.1, -0.05) is 48.0 Å². The first-order chi connectivity index (χ1) is 11.2. The van der Waals surface area contributed by atoms with Crippen LogP contribution >= 0.6 is 15.9 Å². The summed E-state index contributed by atoms with van der Waals surface area (Å²) in [5.74, 6) is 0.570. The Balaban J connectivity index is 2.37. The van der Waals surface area contributed by atoms with Gasteiger partial charge in [-0.15, -0.1) is 0 Å². The lowest BCUT2D eigenvalue weighted by molar-refractivity contribution is 0.401. The van der Waals surface area contributed by atoms with E-state index in [-0.39, 0.29) is 16.9 Å². The highest BCUT2D eigenvalue weighted by atomic mass is 79.9. The monoisotopic (exact) mass is 411 g/mol. The van der Waals surface area contributed by atoms with Gasteiger partial charge < -0.3 is 4.74 Å². The molecule has 2 aromatic rings. The molecule has 0 aliphatic carbocycles. The highest BCUT2D eigenvalue weighted by Crippen LogP contribution is 2.29. The summed E-state index contributed by atoms with van der Waals surface area (Å²) in [6.07, 6.45) is 0. The Bertz CT molecular complexity index is 819. The van der Waals surface area contributed by atoms with Gasteiger partial charge in [-0.25, -0.2) is 13.1 Å². The summed E-state index contributed by atoms with van der Waals surface area (Å²) in [5, 5.41) is 0. The third kappa shape index (κ3) is 4.37. The minimum absolute atomic E-state index is 0.165. The Labute approximate surface area is 152 Å². The van der Waals surface area contributed by atoms with Crippen molar-refractivity contribution in [3.63, 3.8) is 0 Å². The molecule has 1 N–H and O–H groups in total. The number of nitrogens with one attached hydrogen (secondary N) is 1. The van der Waals surface area contributed by atoms with Gasteiger partial charge >= 0.3 is 0 Å². The van der Waals surface area contributed by atoms with E-state index >= 15 is 0 Å². The van der Waals surface area contributed by atoms with Crippen LogP contribution in [0.25, 0.3) is 0 Å². The second-order valence-electron chi connectivity index (χ2n) is 5.96. The molecule has 4 nitrogen and oxygen atoms in total. The number of benzene rings is 2. The molecule has 0 unspecified atom stereocenters. The molecule has 0 aliphatic heterocycles. The first-order valence-electron chi connectivity index (χ1n) is 7.70. The molecule has 2 rings (SSSR count). The fourth-order valence-electron chi connectivity index (χ4n) is 2.40. The van der Waals surface area contributed by atoms with Gasteiger partial charge in [0.2, 0.25) is 10.0 Å². The normalized spacial score (nSPS) is 13.1. The van der Waals surface area contributed by atoms with Gasteiger partial charge in [-0.05, 0) is 48.2 Å². The number of hydrogen-bond donors (Lipinski definition) is 1. The van der Waals surface area contributed by atoms with Crippen molar-refractivity contribution in [2.45, 2.75) is 37.6 Å². The molecule has 0 aliphatic rings. The van der Waals surface area contributed by atoms with E-state index in [1.54, 1.807) is 12.1 Å². The molecule has 0 aromatic heterocycles. The van der Waals surface area contributed by atoms with Gasteiger partial charge in [-0.2, -0.15) is 0 Å². The molecule has 24 heavy (non-hydrogen) atoms. The van der Waals surface area contributed by atoms with E-state index in [2.05, 4.69) is 20.7 Å². The van der Waals surface area contributed by atoms with E-state index < -0.39 is 10.0 Å². The molecule has 0 saturated carbocycles. The maximum Gasteiger partial charge on any atom is 0.244 e. The van der Waals surface area contributed by atoms with Gasteiger partial charge in [0.25, 0.3) is 0 Å². The van der Waals surface area contributed by atoms with Crippen molar-refractivity contribution in [3.05, 3.63) is 58.1 Å². The van der Waals surface area contributed by atoms with Gasteiger partial charge in [0.15, 0.2) is 0 Å². The SMILES string of the molecule is COc1ccc(C(C)C)cc1S(=O)(=O)N[C@@H](C)c1cccc(Br)c1. The highest BCUT2D eigenvalue weighted by Gasteiger charge is 2.23. The van der Waals surface area contributed by atoms with E-state index in [4.69, 9.17) is 4.74 Å². The third-order valence-electron chi connectivity index (χ3n) is 3.82. The van der Waals surface area contributed by atoms with Crippen molar-refractivity contribution in [2.24, 2.45) is 0 Å². The van der Waals surface area contributed by atoms with E-state index in [1.807, 2.05) is 51.1 Å². The van der Waals surface area contributed by atoms with Crippen LogP contribution in [-0.4, -0.2) is 15.5 Å². The number of rotatable bonds is 6. The van der Waals surface area contributed by atoms with E-state index in [9.17, 15) is 8.42 Å². The first-order valence-corrected chi connectivity index (χ1v) is 9.98. The summed E-state index contributed by atoms with van der Waals surface area (Å²) in [4.78, 5) is 0.165. The Morgan fingerprint density at radius 3 is 2.33 bits per heavy atom. The maximum atomic E-state index is 12.9. The van der Waals surface area contributed by atoms with Gasteiger partial charge in [0.1, 0.15) is 10.6 Å². The van der Waals surface area contributed by atoms with E-state index in [0.29, 0.717) is 5.75 Å².